The summed E-state index contributed by atoms with van der Waals surface area (Å²) in [5, 5.41) is 16.7. The summed E-state index contributed by atoms with van der Waals surface area (Å²) in [6, 6.07) is 9.15. The van der Waals surface area contributed by atoms with Gasteiger partial charge in [0.1, 0.15) is 0 Å². The number of methoxy groups -OCH3 is 1. The number of urea groups is 1. The normalized spacial score (nSPS) is 10.6. The topological polar surface area (TPSA) is 83.0 Å². The number of hydrogen-bond donors (Lipinski definition) is 3. The summed E-state index contributed by atoms with van der Waals surface area (Å²) in [6.45, 7) is 0. The second-order valence-electron chi connectivity index (χ2n) is 4.38. The van der Waals surface area contributed by atoms with E-state index >= 15 is 0 Å². The molecular weight excluding hydrogens is 341 g/mol. The van der Waals surface area contributed by atoms with Gasteiger partial charge in [0, 0.05) is 10.7 Å². The van der Waals surface area contributed by atoms with Gasteiger partial charge in [-0.15, -0.1) is 0 Å². The van der Waals surface area contributed by atoms with Crippen molar-refractivity contribution in [2.75, 3.05) is 12.4 Å². The monoisotopic (exact) mass is 353 g/mol. The Balaban J connectivity index is 1.97. The number of phenolic OH excluding ortho intramolecular Hbond substituents is 1. The first kappa shape index (κ1) is 16.9. The smallest absolute Gasteiger partial charge is 0.339 e. The van der Waals surface area contributed by atoms with E-state index in [0.717, 1.165) is 0 Å². The SMILES string of the molecule is COc1cc(/C=N\NC(=O)Nc2ccc(Cl)cc2)cc(Cl)c1O. The maximum atomic E-state index is 11.7. The van der Waals surface area contributed by atoms with E-state index < -0.39 is 6.03 Å². The lowest BCUT2D eigenvalue weighted by Crippen LogP contribution is -2.24. The zero-order chi connectivity index (χ0) is 16.8. The Morgan fingerprint density at radius 2 is 1.96 bits per heavy atom. The third kappa shape index (κ3) is 4.77. The van der Waals surface area contributed by atoms with Gasteiger partial charge in [0.15, 0.2) is 11.5 Å². The summed E-state index contributed by atoms with van der Waals surface area (Å²) >= 11 is 11.6. The van der Waals surface area contributed by atoms with Crippen LogP contribution in [0.25, 0.3) is 0 Å². The third-order valence-electron chi connectivity index (χ3n) is 2.75. The van der Waals surface area contributed by atoms with E-state index in [-0.39, 0.29) is 16.5 Å². The quantitative estimate of drug-likeness (QED) is 0.576. The van der Waals surface area contributed by atoms with Gasteiger partial charge in [0.05, 0.1) is 18.3 Å². The van der Waals surface area contributed by atoms with Gasteiger partial charge in [0.2, 0.25) is 0 Å². The summed E-state index contributed by atoms with van der Waals surface area (Å²) in [5.74, 6) is 0.0596. The van der Waals surface area contributed by atoms with Crippen LogP contribution in [0.3, 0.4) is 0 Å². The van der Waals surface area contributed by atoms with Crippen molar-refractivity contribution < 1.29 is 14.6 Å². The van der Waals surface area contributed by atoms with Gasteiger partial charge in [-0.1, -0.05) is 23.2 Å². The first-order valence-electron chi connectivity index (χ1n) is 6.41. The highest BCUT2D eigenvalue weighted by Gasteiger charge is 2.08. The predicted molar refractivity (Wildman–Crippen MR) is 90.9 cm³/mol. The number of phenols is 1. The van der Waals surface area contributed by atoms with Crippen molar-refractivity contribution in [1.29, 1.82) is 0 Å². The molecule has 2 rings (SSSR count). The lowest BCUT2D eigenvalue weighted by atomic mass is 10.2. The van der Waals surface area contributed by atoms with Crippen LogP contribution in [0.1, 0.15) is 5.56 Å². The van der Waals surface area contributed by atoms with E-state index in [0.29, 0.717) is 16.3 Å². The number of halogens is 2. The highest BCUT2D eigenvalue weighted by molar-refractivity contribution is 6.32. The maximum Gasteiger partial charge on any atom is 0.339 e. The fourth-order valence-electron chi connectivity index (χ4n) is 1.68. The van der Waals surface area contributed by atoms with Crippen molar-refractivity contribution in [3.8, 4) is 11.5 Å². The molecular formula is C15H13Cl2N3O3. The van der Waals surface area contributed by atoms with E-state index in [2.05, 4.69) is 15.8 Å². The van der Waals surface area contributed by atoms with Crippen LogP contribution in [0, 0.1) is 0 Å². The molecule has 6 nitrogen and oxygen atoms in total. The van der Waals surface area contributed by atoms with Crippen LogP contribution in [-0.2, 0) is 0 Å². The molecule has 0 aliphatic heterocycles. The van der Waals surface area contributed by atoms with Crippen LogP contribution < -0.4 is 15.5 Å². The molecule has 2 aromatic carbocycles. The van der Waals surface area contributed by atoms with Crippen LogP contribution in [0.5, 0.6) is 11.5 Å². The standard InChI is InChI=1S/C15H13Cl2N3O3/c1-23-13-7-9(6-12(17)14(13)21)8-18-20-15(22)19-11-4-2-10(16)3-5-11/h2-8,21H,1H3,(H2,19,20,22)/b18-8-. The average Bonchev–Trinajstić information content (AvgIpc) is 2.53. The number of aromatic hydroxyl groups is 1. The minimum absolute atomic E-state index is 0.122. The van der Waals surface area contributed by atoms with Gasteiger partial charge in [-0.25, -0.2) is 10.2 Å². The highest BCUT2D eigenvalue weighted by Crippen LogP contribution is 2.34. The number of rotatable bonds is 4. The molecule has 0 radical (unpaired) electrons. The lowest BCUT2D eigenvalue weighted by molar-refractivity contribution is 0.252. The third-order valence-corrected chi connectivity index (χ3v) is 3.29. The van der Waals surface area contributed by atoms with Crippen molar-refractivity contribution in [2.45, 2.75) is 0 Å². The number of ether oxygens (including phenoxy) is 1. The van der Waals surface area contributed by atoms with Crippen molar-refractivity contribution in [2.24, 2.45) is 5.10 Å². The van der Waals surface area contributed by atoms with Gasteiger partial charge < -0.3 is 15.2 Å². The van der Waals surface area contributed by atoms with Crippen LogP contribution in [-0.4, -0.2) is 24.5 Å². The number of nitrogens with one attached hydrogen (secondary N) is 2. The number of hydrogen-bond acceptors (Lipinski definition) is 4. The Bertz CT molecular complexity index is 733. The lowest BCUT2D eigenvalue weighted by Gasteiger charge is -2.06. The summed E-state index contributed by atoms with van der Waals surface area (Å²) in [6.07, 6.45) is 1.37. The Labute approximate surface area is 142 Å². The van der Waals surface area contributed by atoms with Crippen LogP contribution in [0.2, 0.25) is 10.0 Å². The fraction of sp³-hybridized carbons (Fsp3) is 0.0667. The summed E-state index contributed by atoms with van der Waals surface area (Å²) in [5.41, 5.74) is 3.44. The highest BCUT2D eigenvalue weighted by atomic mass is 35.5. The van der Waals surface area contributed by atoms with Gasteiger partial charge in [-0.3, -0.25) is 0 Å². The number of anilines is 1. The van der Waals surface area contributed by atoms with Gasteiger partial charge in [0.25, 0.3) is 0 Å². The number of carbonyl (C=O) groups is 1. The van der Waals surface area contributed by atoms with Gasteiger partial charge >= 0.3 is 6.03 Å². The molecule has 0 aliphatic rings. The van der Waals surface area contributed by atoms with Crippen molar-refractivity contribution in [3.63, 3.8) is 0 Å². The predicted octanol–water partition coefficient (Wildman–Crippen LogP) is 3.86. The van der Waals surface area contributed by atoms with Crippen LogP contribution >= 0.6 is 23.2 Å². The zero-order valence-electron chi connectivity index (χ0n) is 12.0. The first-order chi connectivity index (χ1) is 11.0. The van der Waals surface area contributed by atoms with E-state index in [1.807, 2.05) is 0 Å². The fourth-order valence-corrected chi connectivity index (χ4v) is 2.03. The minimum atomic E-state index is -0.514. The Morgan fingerprint density at radius 1 is 1.26 bits per heavy atom. The van der Waals surface area contributed by atoms with E-state index in [4.69, 9.17) is 27.9 Å². The molecule has 0 fully saturated rings. The maximum absolute atomic E-state index is 11.7. The summed E-state index contributed by atoms with van der Waals surface area (Å²) < 4.78 is 4.98. The molecule has 0 spiro atoms. The van der Waals surface area contributed by atoms with Crippen molar-refractivity contribution >= 4 is 41.1 Å². The average molecular weight is 354 g/mol. The van der Waals surface area contributed by atoms with Gasteiger partial charge in [-0.2, -0.15) is 5.10 Å². The Morgan fingerprint density at radius 3 is 2.61 bits per heavy atom. The van der Waals surface area contributed by atoms with Crippen molar-refractivity contribution in [3.05, 3.63) is 52.0 Å². The molecule has 0 saturated heterocycles. The largest absolute Gasteiger partial charge is 0.503 e. The molecule has 8 heteroatoms. The van der Waals surface area contributed by atoms with E-state index in [1.54, 1.807) is 24.3 Å². The minimum Gasteiger partial charge on any atom is -0.503 e. The van der Waals surface area contributed by atoms with Crippen LogP contribution in [0.15, 0.2) is 41.5 Å². The van der Waals surface area contributed by atoms with Crippen molar-refractivity contribution in [1.82, 2.24) is 5.43 Å². The van der Waals surface area contributed by atoms with Gasteiger partial charge in [-0.05, 0) is 42.0 Å². The molecule has 0 atom stereocenters. The van der Waals surface area contributed by atoms with E-state index in [9.17, 15) is 9.90 Å². The molecule has 0 saturated carbocycles. The molecule has 2 aromatic rings. The molecule has 23 heavy (non-hydrogen) atoms. The molecule has 0 aromatic heterocycles. The Hall–Kier alpha value is -2.44. The number of carbonyl (C=O) groups excluding carboxylic acids is 1. The second kappa shape index (κ2) is 7.71. The summed E-state index contributed by atoms with van der Waals surface area (Å²) in [7, 11) is 1.41. The number of nitrogens with zero attached hydrogens (tertiary/aromatic N) is 1. The molecule has 0 heterocycles. The molecule has 120 valence electrons. The second-order valence-corrected chi connectivity index (χ2v) is 5.23. The molecule has 3 N–H and O–H groups in total. The van der Waals surface area contributed by atoms with E-state index in [1.165, 1.54) is 25.5 Å². The summed E-state index contributed by atoms with van der Waals surface area (Å²) in [4.78, 5) is 11.7. The number of amides is 2. The molecule has 0 unspecified atom stereocenters. The molecule has 2 amide bonds. The first-order valence-corrected chi connectivity index (χ1v) is 7.17. The molecule has 0 bridgehead atoms. The Kier molecular flexibility index (Phi) is 5.67. The van der Waals surface area contributed by atoms with Crippen LogP contribution in [0.4, 0.5) is 10.5 Å². The molecule has 0 aliphatic carbocycles. The number of benzene rings is 2. The number of hydrazone groups is 1. The zero-order valence-corrected chi connectivity index (χ0v) is 13.5.